The molecule has 1 aliphatic heterocycles. The smallest absolute Gasteiger partial charge is 0.236 e. The van der Waals surface area contributed by atoms with Gasteiger partial charge in [-0.1, -0.05) is 11.6 Å². The fourth-order valence-corrected chi connectivity index (χ4v) is 1.40. The summed E-state index contributed by atoms with van der Waals surface area (Å²) in [6.45, 7) is 9.06. The van der Waals surface area contributed by atoms with Gasteiger partial charge in [0.2, 0.25) is 5.91 Å². The molecule has 13 heavy (non-hydrogen) atoms. The van der Waals surface area contributed by atoms with Crippen molar-refractivity contribution in [1.82, 2.24) is 10.4 Å². The predicted molar refractivity (Wildman–Crippen MR) is 53.0 cm³/mol. The lowest BCUT2D eigenvalue weighted by molar-refractivity contribution is -0.120. The summed E-state index contributed by atoms with van der Waals surface area (Å²) in [5.41, 5.74) is 4.07. The van der Waals surface area contributed by atoms with Gasteiger partial charge in [-0.25, -0.2) is 5.01 Å². The Balaban J connectivity index is 2.60. The van der Waals surface area contributed by atoms with Crippen LogP contribution in [0.1, 0.15) is 34.1 Å². The van der Waals surface area contributed by atoms with Crippen molar-refractivity contribution in [1.29, 1.82) is 0 Å². The minimum atomic E-state index is -0.0525. The Morgan fingerprint density at radius 3 is 2.62 bits per heavy atom. The minimum absolute atomic E-state index is 0.0525. The molecule has 3 nitrogen and oxygen atoms in total. The average Bonchev–Trinajstić information content (AvgIpc) is 2.19. The van der Waals surface area contributed by atoms with Crippen LogP contribution in [-0.2, 0) is 4.79 Å². The van der Waals surface area contributed by atoms with Gasteiger partial charge in [-0.05, 0) is 27.7 Å². The van der Waals surface area contributed by atoms with Gasteiger partial charge in [-0.2, -0.15) is 0 Å². The highest BCUT2D eigenvalue weighted by atomic mass is 16.2. The first kappa shape index (κ1) is 10.3. The highest BCUT2D eigenvalue weighted by Crippen LogP contribution is 2.22. The number of carbonyl (C=O) groups is 1. The highest BCUT2D eigenvalue weighted by molar-refractivity contribution is 5.78. The highest BCUT2D eigenvalue weighted by Gasteiger charge is 2.36. The van der Waals surface area contributed by atoms with E-state index in [-0.39, 0.29) is 11.4 Å². The summed E-state index contributed by atoms with van der Waals surface area (Å²) in [5.74, 6) is 0.118. The molecule has 0 aromatic heterocycles. The lowest BCUT2D eigenvalue weighted by Crippen LogP contribution is -2.44. The Morgan fingerprint density at radius 2 is 2.23 bits per heavy atom. The molecule has 1 saturated heterocycles. The Morgan fingerprint density at radius 1 is 1.62 bits per heavy atom. The van der Waals surface area contributed by atoms with E-state index in [1.54, 1.807) is 0 Å². The van der Waals surface area contributed by atoms with E-state index < -0.39 is 0 Å². The van der Waals surface area contributed by atoms with Crippen molar-refractivity contribution in [3.63, 3.8) is 0 Å². The normalized spacial score (nSPS) is 21.4. The standard InChI is InChI=1S/C10H18N2O/c1-8(2)5-6-12-10(3,4)7-9(13)11-12/h5H,6-7H2,1-4H3,(H,11,13). The number of rotatable bonds is 2. The molecule has 0 radical (unpaired) electrons. The van der Waals surface area contributed by atoms with E-state index in [1.807, 2.05) is 5.01 Å². The first-order chi connectivity index (χ1) is 5.92. The number of allylic oxidation sites excluding steroid dienone is 1. The van der Waals surface area contributed by atoms with Gasteiger partial charge in [-0.3, -0.25) is 10.2 Å². The number of nitrogens with zero attached hydrogens (tertiary/aromatic N) is 1. The number of hydrazine groups is 1. The SMILES string of the molecule is CC(C)=CCN1NC(=O)CC1(C)C. The Kier molecular flexibility index (Phi) is 2.76. The maximum absolute atomic E-state index is 11.1. The lowest BCUT2D eigenvalue weighted by Gasteiger charge is -2.28. The van der Waals surface area contributed by atoms with Gasteiger partial charge in [0.15, 0.2) is 0 Å². The van der Waals surface area contributed by atoms with Crippen molar-refractivity contribution in [2.75, 3.05) is 6.54 Å². The molecule has 0 aromatic rings. The molecule has 1 rings (SSSR count). The molecular weight excluding hydrogens is 164 g/mol. The van der Waals surface area contributed by atoms with Gasteiger partial charge < -0.3 is 0 Å². The molecule has 0 spiro atoms. The van der Waals surface area contributed by atoms with Crippen LogP contribution >= 0.6 is 0 Å². The number of nitrogens with one attached hydrogen (secondary N) is 1. The third-order valence-electron chi connectivity index (χ3n) is 2.27. The molecule has 0 saturated carbocycles. The second-order valence-corrected chi connectivity index (χ2v) is 4.42. The number of hydrogen-bond acceptors (Lipinski definition) is 2. The zero-order chi connectivity index (χ0) is 10.1. The molecule has 1 N–H and O–H groups in total. The largest absolute Gasteiger partial charge is 0.288 e. The minimum Gasteiger partial charge on any atom is -0.288 e. The van der Waals surface area contributed by atoms with E-state index in [0.29, 0.717) is 6.42 Å². The van der Waals surface area contributed by atoms with Gasteiger partial charge in [0.1, 0.15) is 0 Å². The van der Waals surface area contributed by atoms with Gasteiger partial charge in [-0.15, -0.1) is 0 Å². The van der Waals surface area contributed by atoms with Gasteiger partial charge in [0.05, 0.1) is 0 Å². The Labute approximate surface area is 79.8 Å². The van der Waals surface area contributed by atoms with Crippen LogP contribution in [0.2, 0.25) is 0 Å². The van der Waals surface area contributed by atoms with Crippen molar-refractivity contribution < 1.29 is 4.79 Å². The van der Waals surface area contributed by atoms with E-state index in [9.17, 15) is 4.79 Å². The number of amides is 1. The number of hydrogen-bond donors (Lipinski definition) is 1. The fourth-order valence-electron chi connectivity index (χ4n) is 1.40. The quantitative estimate of drug-likeness (QED) is 0.656. The predicted octanol–water partition coefficient (Wildman–Crippen LogP) is 1.47. The average molecular weight is 182 g/mol. The summed E-state index contributed by atoms with van der Waals surface area (Å²) in [6.07, 6.45) is 2.71. The summed E-state index contributed by atoms with van der Waals surface area (Å²) in [5, 5.41) is 1.99. The zero-order valence-electron chi connectivity index (χ0n) is 8.85. The monoisotopic (exact) mass is 182 g/mol. The third-order valence-corrected chi connectivity index (χ3v) is 2.27. The van der Waals surface area contributed by atoms with Crippen molar-refractivity contribution in [3.05, 3.63) is 11.6 Å². The molecule has 0 atom stereocenters. The molecular formula is C10H18N2O. The van der Waals surface area contributed by atoms with Gasteiger partial charge in [0, 0.05) is 18.5 Å². The molecule has 74 valence electrons. The second kappa shape index (κ2) is 3.50. The Hall–Kier alpha value is -0.830. The van der Waals surface area contributed by atoms with E-state index in [0.717, 1.165) is 6.54 Å². The molecule has 0 aromatic carbocycles. The molecule has 3 heteroatoms. The summed E-state index contributed by atoms with van der Waals surface area (Å²) in [6, 6.07) is 0. The van der Waals surface area contributed by atoms with Crippen LogP contribution < -0.4 is 5.43 Å². The molecule has 1 fully saturated rings. The molecule has 0 unspecified atom stereocenters. The summed E-state index contributed by atoms with van der Waals surface area (Å²) in [7, 11) is 0. The first-order valence-corrected chi connectivity index (χ1v) is 4.62. The zero-order valence-corrected chi connectivity index (χ0v) is 8.85. The molecule has 0 aliphatic carbocycles. The van der Waals surface area contributed by atoms with Crippen LogP contribution in [0.15, 0.2) is 11.6 Å². The summed E-state index contributed by atoms with van der Waals surface area (Å²) in [4.78, 5) is 11.1. The molecule has 1 amide bonds. The van der Waals surface area contributed by atoms with Crippen LogP contribution in [0.3, 0.4) is 0 Å². The van der Waals surface area contributed by atoms with Crippen LogP contribution in [0, 0.1) is 0 Å². The lowest BCUT2D eigenvalue weighted by atomic mass is 10.0. The third kappa shape index (κ3) is 2.56. The van der Waals surface area contributed by atoms with E-state index in [4.69, 9.17) is 0 Å². The van der Waals surface area contributed by atoms with Crippen LogP contribution in [-0.4, -0.2) is 23.0 Å². The van der Waals surface area contributed by atoms with E-state index >= 15 is 0 Å². The molecule has 0 bridgehead atoms. The van der Waals surface area contributed by atoms with E-state index in [2.05, 4.69) is 39.2 Å². The van der Waals surface area contributed by atoms with Crippen molar-refractivity contribution in [3.8, 4) is 0 Å². The van der Waals surface area contributed by atoms with Crippen LogP contribution in [0.5, 0.6) is 0 Å². The summed E-state index contributed by atoms with van der Waals surface area (Å²) < 4.78 is 0. The van der Waals surface area contributed by atoms with Crippen LogP contribution in [0.4, 0.5) is 0 Å². The van der Waals surface area contributed by atoms with Gasteiger partial charge in [0.25, 0.3) is 0 Å². The maximum atomic E-state index is 11.1. The van der Waals surface area contributed by atoms with Crippen molar-refractivity contribution in [2.24, 2.45) is 0 Å². The Bertz CT molecular complexity index is 239. The van der Waals surface area contributed by atoms with Crippen molar-refractivity contribution in [2.45, 2.75) is 39.7 Å². The van der Waals surface area contributed by atoms with E-state index in [1.165, 1.54) is 5.57 Å². The first-order valence-electron chi connectivity index (χ1n) is 4.62. The van der Waals surface area contributed by atoms with Gasteiger partial charge >= 0.3 is 0 Å². The summed E-state index contributed by atoms with van der Waals surface area (Å²) >= 11 is 0. The maximum Gasteiger partial charge on any atom is 0.236 e. The molecule has 1 heterocycles. The topological polar surface area (TPSA) is 32.3 Å². The van der Waals surface area contributed by atoms with Crippen LogP contribution in [0.25, 0.3) is 0 Å². The fraction of sp³-hybridized carbons (Fsp3) is 0.700. The number of carbonyl (C=O) groups excluding carboxylic acids is 1. The molecule has 1 aliphatic rings. The second-order valence-electron chi connectivity index (χ2n) is 4.42. The van der Waals surface area contributed by atoms with Crippen molar-refractivity contribution >= 4 is 5.91 Å².